The first kappa shape index (κ1) is 23.4. The van der Waals surface area contributed by atoms with Crippen LogP contribution in [-0.4, -0.2) is 23.9 Å². The number of rotatable bonds is 10. The normalized spacial score (nSPS) is 14.1. The quantitative estimate of drug-likeness (QED) is 0.181. The van der Waals surface area contributed by atoms with E-state index in [1.165, 1.54) is 24.3 Å². The van der Waals surface area contributed by atoms with Crippen molar-refractivity contribution in [2.24, 2.45) is 0 Å². The average Bonchev–Trinajstić information content (AvgIpc) is 2.64. The molecule has 2 aromatic carbocycles. The molecule has 0 aliphatic rings. The summed E-state index contributed by atoms with van der Waals surface area (Å²) in [5.41, 5.74) is -0.0676. The van der Waals surface area contributed by atoms with Crippen molar-refractivity contribution >= 4 is 42.2 Å². The van der Waals surface area contributed by atoms with Crippen LogP contribution in [-0.2, 0) is 13.6 Å². The molecule has 11 heteroatoms. The summed E-state index contributed by atoms with van der Waals surface area (Å²) >= 11 is 12.0. The van der Waals surface area contributed by atoms with Gasteiger partial charge in [-0.1, -0.05) is 30.1 Å². The highest BCUT2D eigenvalue weighted by Crippen LogP contribution is 2.49. The zero-order chi connectivity index (χ0) is 21.6. The van der Waals surface area contributed by atoms with Gasteiger partial charge in [-0.25, -0.2) is 0 Å². The van der Waals surface area contributed by atoms with E-state index in [2.05, 4.69) is 5.32 Å². The van der Waals surface area contributed by atoms with Gasteiger partial charge >= 0.3 is 7.60 Å². The second-order valence-corrected chi connectivity index (χ2v) is 9.02. The molecule has 0 heterocycles. The minimum absolute atomic E-state index is 0.129. The van der Waals surface area contributed by atoms with Gasteiger partial charge in [-0.2, -0.15) is 0 Å². The van der Waals surface area contributed by atoms with Crippen LogP contribution in [0.2, 0.25) is 10.0 Å². The maximum Gasteiger partial charge on any atom is 0.332 e. The Morgan fingerprint density at radius 1 is 1.21 bits per heavy atom. The lowest BCUT2D eigenvalue weighted by molar-refractivity contribution is -0.384. The van der Waals surface area contributed by atoms with E-state index in [-0.39, 0.29) is 24.1 Å². The van der Waals surface area contributed by atoms with Gasteiger partial charge in [-0.05, 0) is 38.1 Å². The number of hydrogen-bond acceptors (Lipinski definition) is 7. The number of benzene rings is 2. The molecule has 0 saturated carbocycles. The highest BCUT2D eigenvalue weighted by atomic mass is 35.5. The number of nitro benzene ring substituents is 1. The third-order valence-electron chi connectivity index (χ3n) is 3.68. The van der Waals surface area contributed by atoms with Gasteiger partial charge in [0.2, 0.25) is 0 Å². The highest BCUT2D eigenvalue weighted by Gasteiger charge is 2.26. The molecule has 0 saturated heterocycles. The number of nitrogens with one attached hydrogen (secondary N) is 1. The van der Waals surface area contributed by atoms with Gasteiger partial charge in [-0.15, -0.1) is 0 Å². The van der Waals surface area contributed by atoms with E-state index >= 15 is 0 Å². The first-order valence-electron chi connectivity index (χ1n) is 8.77. The maximum absolute atomic E-state index is 12.5. The lowest BCUT2D eigenvalue weighted by atomic mass is 10.2. The van der Waals surface area contributed by atoms with Crippen LogP contribution >= 0.6 is 30.8 Å². The van der Waals surface area contributed by atoms with Crippen molar-refractivity contribution < 1.29 is 23.3 Å². The Balaban J connectivity index is 2.26. The van der Waals surface area contributed by atoms with E-state index in [9.17, 15) is 14.7 Å². The fourth-order valence-corrected chi connectivity index (χ4v) is 4.19. The first-order chi connectivity index (χ1) is 13.7. The minimum Gasteiger partial charge on any atom is -0.456 e. The molecule has 0 amide bonds. The second-order valence-electron chi connectivity index (χ2n) is 5.85. The van der Waals surface area contributed by atoms with Crippen LogP contribution in [0.3, 0.4) is 0 Å². The van der Waals surface area contributed by atoms with Crippen LogP contribution in [0.1, 0.15) is 20.8 Å². The van der Waals surface area contributed by atoms with E-state index in [1.807, 2.05) is 0 Å². The van der Waals surface area contributed by atoms with Gasteiger partial charge < -0.3 is 14.6 Å². The topological polar surface area (TPSA) is 99.9 Å². The molecule has 1 N–H and O–H groups in total. The van der Waals surface area contributed by atoms with Gasteiger partial charge in [0.25, 0.3) is 5.69 Å². The number of nitrogens with zero attached hydrogens (tertiary/aromatic N) is 1. The molecule has 0 aliphatic carbocycles. The standard InChI is InChI=1S/C18H21Cl2N2O6P/c1-4-26-29(25,5-2)28-12(3)21-16-11-14(7-8-17(16)22(23)24)27-18-9-6-13(19)10-15(18)20/h6-12,21H,4-5H2,1-3H3. The summed E-state index contributed by atoms with van der Waals surface area (Å²) in [6, 6.07) is 8.88. The number of halogens is 2. The van der Waals surface area contributed by atoms with Crippen LogP contribution in [0.4, 0.5) is 11.4 Å². The van der Waals surface area contributed by atoms with E-state index in [1.54, 1.807) is 32.9 Å². The lowest BCUT2D eigenvalue weighted by Crippen LogP contribution is -2.20. The summed E-state index contributed by atoms with van der Waals surface area (Å²) in [4.78, 5) is 10.8. The third-order valence-corrected chi connectivity index (χ3v) is 6.27. The summed E-state index contributed by atoms with van der Waals surface area (Å²) in [5.74, 6) is 0.644. The Morgan fingerprint density at radius 2 is 1.93 bits per heavy atom. The van der Waals surface area contributed by atoms with Crippen molar-refractivity contribution in [3.8, 4) is 11.5 Å². The van der Waals surface area contributed by atoms with Crippen molar-refractivity contribution in [3.05, 3.63) is 56.6 Å². The SMILES string of the molecule is CCOP(=O)(CC)OC(C)Nc1cc(Oc2ccc(Cl)cc2Cl)ccc1[N+](=O)[O-]. The molecule has 158 valence electrons. The first-order valence-corrected chi connectivity index (χ1v) is 11.3. The summed E-state index contributed by atoms with van der Waals surface area (Å²) in [7, 11) is -3.30. The Labute approximate surface area is 178 Å². The van der Waals surface area contributed by atoms with Crippen LogP contribution < -0.4 is 10.1 Å². The van der Waals surface area contributed by atoms with Gasteiger partial charge in [0.1, 0.15) is 23.4 Å². The van der Waals surface area contributed by atoms with Crippen molar-refractivity contribution in [1.29, 1.82) is 0 Å². The van der Waals surface area contributed by atoms with Crippen LogP contribution in [0.25, 0.3) is 0 Å². The molecule has 0 bridgehead atoms. The molecule has 0 aromatic heterocycles. The average molecular weight is 463 g/mol. The summed E-state index contributed by atoms with van der Waals surface area (Å²) < 4.78 is 28.9. The molecular formula is C18H21Cl2N2O6P. The van der Waals surface area contributed by atoms with Gasteiger partial charge in [0, 0.05) is 23.3 Å². The van der Waals surface area contributed by atoms with Gasteiger partial charge in [0.15, 0.2) is 0 Å². The van der Waals surface area contributed by atoms with E-state index in [4.69, 9.17) is 37.0 Å². The number of anilines is 1. The van der Waals surface area contributed by atoms with Crippen molar-refractivity contribution in [2.45, 2.75) is 27.0 Å². The van der Waals surface area contributed by atoms with Crippen molar-refractivity contribution in [2.75, 3.05) is 18.1 Å². The molecule has 2 atom stereocenters. The lowest BCUT2D eigenvalue weighted by Gasteiger charge is -2.22. The predicted octanol–water partition coefficient (Wildman–Crippen LogP) is 6.72. The Morgan fingerprint density at radius 3 is 2.52 bits per heavy atom. The summed E-state index contributed by atoms with van der Waals surface area (Å²) in [6.07, 6.45) is -0.645. The van der Waals surface area contributed by atoms with Gasteiger partial charge in [0.05, 0.1) is 16.6 Å². The molecule has 8 nitrogen and oxygen atoms in total. The fourth-order valence-electron chi connectivity index (χ4n) is 2.42. The highest BCUT2D eigenvalue weighted by molar-refractivity contribution is 7.53. The molecule has 2 rings (SSSR count). The Bertz CT molecular complexity index is 927. The maximum atomic E-state index is 12.5. The molecular weight excluding hydrogens is 442 g/mol. The summed E-state index contributed by atoms with van der Waals surface area (Å²) in [5, 5.41) is 15.0. The number of nitro groups is 1. The zero-order valence-corrected chi connectivity index (χ0v) is 18.5. The number of ether oxygens (including phenoxy) is 1. The molecule has 2 unspecified atom stereocenters. The smallest absolute Gasteiger partial charge is 0.332 e. The monoisotopic (exact) mass is 462 g/mol. The Hall–Kier alpha value is -1.83. The van der Waals surface area contributed by atoms with E-state index < -0.39 is 18.7 Å². The van der Waals surface area contributed by atoms with Crippen LogP contribution in [0, 0.1) is 10.1 Å². The zero-order valence-electron chi connectivity index (χ0n) is 16.1. The molecule has 0 fully saturated rings. The molecule has 2 aromatic rings. The van der Waals surface area contributed by atoms with Crippen molar-refractivity contribution in [3.63, 3.8) is 0 Å². The van der Waals surface area contributed by atoms with E-state index in [0.717, 1.165) is 0 Å². The van der Waals surface area contributed by atoms with Crippen molar-refractivity contribution in [1.82, 2.24) is 0 Å². The Kier molecular flexibility index (Phi) is 8.31. The fraction of sp³-hybridized carbons (Fsp3) is 0.333. The molecule has 29 heavy (non-hydrogen) atoms. The third kappa shape index (κ3) is 6.59. The van der Waals surface area contributed by atoms with Crippen LogP contribution in [0.15, 0.2) is 36.4 Å². The minimum atomic E-state index is -3.30. The van der Waals surface area contributed by atoms with Crippen LogP contribution in [0.5, 0.6) is 11.5 Å². The molecule has 0 radical (unpaired) electrons. The number of hydrogen-bond donors (Lipinski definition) is 1. The van der Waals surface area contributed by atoms with Gasteiger partial charge in [-0.3, -0.25) is 19.2 Å². The largest absolute Gasteiger partial charge is 0.456 e. The van der Waals surface area contributed by atoms with E-state index in [0.29, 0.717) is 21.5 Å². The predicted molar refractivity (Wildman–Crippen MR) is 114 cm³/mol. The molecule has 0 spiro atoms. The second kappa shape index (κ2) is 10.3. The summed E-state index contributed by atoms with van der Waals surface area (Å²) in [6.45, 7) is 5.19. The molecule has 0 aliphatic heterocycles.